The topological polar surface area (TPSA) is 38.5 Å². The van der Waals surface area contributed by atoms with E-state index in [-0.39, 0.29) is 0 Å². The summed E-state index contributed by atoms with van der Waals surface area (Å²) >= 11 is 0. The van der Waals surface area contributed by atoms with E-state index in [0.717, 1.165) is 6.54 Å². The van der Waals surface area contributed by atoms with Crippen LogP contribution in [0.5, 0.6) is 0 Å². The van der Waals surface area contributed by atoms with Gasteiger partial charge in [-0.05, 0) is 52.0 Å². The van der Waals surface area contributed by atoms with E-state index in [1.807, 2.05) is 0 Å². The minimum absolute atomic E-state index is 0.339. The summed E-state index contributed by atoms with van der Waals surface area (Å²) in [6.45, 7) is 7.85. The number of hydrogen-bond acceptors (Lipinski definition) is 3. The molecule has 2 aliphatic heterocycles. The minimum Gasteiger partial charge on any atom is -0.374 e. The third kappa shape index (κ3) is 3.19. The van der Waals surface area contributed by atoms with Crippen molar-refractivity contribution in [2.45, 2.75) is 57.8 Å². The van der Waals surface area contributed by atoms with Gasteiger partial charge in [0, 0.05) is 19.1 Å². The summed E-state index contributed by atoms with van der Waals surface area (Å²) in [5.74, 6) is 0.688. The third-order valence-corrected chi connectivity index (χ3v) is 4.07. The van der Waals surface area contributed by atoms with Crippen LogP contribution in [0.3, 0.4) is 0 Å². The Morgan fingerprint density at radius 2 is 2.19 bits per heavy atom. The number of ether oxygens (including phenoxy) is 1. The van der Waals surface area contributed by atoms with Gasteiger partial charge in [-0.15, -0.1) is 0 Å². The van der Waals surface area contributed by atoms with Crippen molar-refractivity contribution in [1.82, 2.24) is 4.90 Å². The molecule has 94 valence electrons. The molecule has 2 N–H and O–H groups in total. The Morgan fingerprint density at radius 3 is 2.81 bits per heavy atom. The standard InChI is InChI=1S/C13H26N2O/c1-10-5-6-13(16-10)9-15-7-3-4-12(8-15)11(2)14/h10-13H,3-9,14H2,1-2H3. The molecule has 0 spiro atoms. The molecule has 2 rings (SSSR count). The summed E-state index contributed by atoms with van der Waals surface area (Å²) in [6.07, 6.45) is 6.01. The van der Waals surface area contributed by atoms with Gasteiger partial charge in [-0.2, -0.15) is 0 Å². The largest absolute Gasteiger partial charge is 0.374 e. The van der Waals surface area contributed by atoms with Gasteiger partial charge in [0.25, 0.3) is 0 Å². The number of nitrogens with zero attached hydrogens (tertiary/aromatic N) is 1. The van der Waals surface area contributed by atoms with Crippen molar-refractivity contribution in [3.63, 3.8) is 0 Å². The van der Waals surface area contributed by atoms with Crippen LogP contribution >= 0.6 is 0 Å². The molecular formula is C13H26N2O. The van der Waals surface area contributed by atoms with Crippen molar-refractivity contribution in [2.24, 2.45) is 11.7 Å². The maximum absolute atomic E-state index is 6.00. The maximum Gasteiger partial charge on any atom is 0.0706 e. The zero-order valence-electron chi connectivity index (χ0n) is 10.7. The van der Waals surface area contributed by atoms with Crippen LogP contribution in [0.25, 0.3) is 0 Å². The molecular weight excluding hydrogens is 200 g/mol. The second-order valence-corrected chi connectivity index (χ2v) is 5.67. The lowest BCUT2D eigenvalue weighted by Gasteiger charge is -2.35. The summed E-state index contributed by atoms with van der Waals surface area (Å²) < 4.78 is 5.89. The maximum atomic E-state index is 6.00. The summed E-state index contributed by atoms with van der Waals surface area (Å²) in [5, 5.41) is 0. The van der Waals surface area contributed by atoms with Gasteiger partial charge in [0.2, 0.25) is 0 Å². The highest BCUT2D eigenvalue weighted by Crippen LogP contribution is 2.23. The van der Waals surface area contributed by atoms with Crippen LogP contribution in [0.15, 0.2) is 0 Å². The fraction of sp³-hybridized carbons (Fsp3) is 1.00. The Labute approximate surface area is 99.3 Å². The lowest BCUT2D eigenvalue weighted by Crippen LogP contribution is -2.45. The first-order valence-electron chi connectivity index (χ1n) is 6.78. The van der Waals surface area contributed by atoms with Crippen LogP contribution in [0, 0.1) is 5.92 Å². The second-order valence-electron chi connectivity index (χ2n) is 5.67. The molecule has 2 aliphatic rings. The first kappa shape index (κ1) is 12.3. The molecule has 2 heterocycles. The molecule has 0 radical (unpaired) electrons. The highest BCUT2D eigenvalue weighted by molar-refractivity contribution is 4.81. The molecule has 0 amide bonds. The van der Waals surface area contributed by atoms with Crippen molar-refractivity contribution in [1.29, 1.82) is 0 Å². The summed E-state index contributed by atoms with van der Waals surface area (Å²) in [7, 11) is 0. The zero-order chi connectivity index (χ0) is 11.5. The molecule has 0 aliphatic carbocycles. The third-order valence-electron chi connectivity index (χ3n) is 4.07. The van der Waals surface area contributed by atoms with Gasteiger partial charge in [0.05, 0.1) is 12.2 Å². The molecule has 3 heteroatoms. The lowest BCUT2D eigenvalue weighted by atomic mass is 9.92. The Balaban J connectivity index is 1.77. The average Bonchev–Trinajstić information content (AvgIpc) is 2.64. The Hall–Kier alpha value is -0.120. The molecule has 0 saturated carbocycles. The average molecular weight is 226 g/mol. The number of likely N-dealkylation sites (tertiary alicyclic amines) is 1. The Kier molecular flexibility index (Phi) is 4.22. The lowest BCUT2D eigenvalue weighted by molar-refractivity contribution is 0.0206. The van der Waals surface area contributed by atoms with Crippen molar-refractivity contribution in [3.05, 3.63) is 0 Å². The van der Waals surface area contributed by atoms with E-state index in [9.17, 15) is 0 Å². The monoisotopic (exact) mass is 226 g/mol. The van der Waals surface area contributed by atoms with Crippen LogP contribution in [-0.4, -0.2) is 42.8 Å². The minimum atomic E-state index is 0.339. The summed E-state index contributed by atoms with van der Waals surface area (Å²) in [4.78, 5) is 2.56. The molecule has 0 aromatic heterocycles. The highest BCUT2D eigenvalue weighted by Gasteiger charge is 2.27. The molecule has 3 nitrogen and oxygen atoms in total. The van der Waals surface area contributed by atoms with Crippen LogP contribution in [0.1, 0.15) is 39.5 Å². The Morgan fingerprint density at radius 1 is 1.38 bits per heavy atom. The van der Waals surface area contributed by atoms with Gasteiger partial charge < -0.3 is 15.4 Å². The quantitative estimate of drug-likeness (QED) is 0.794. The number of hydrogen-bond donors (Lipinski definition) is 1. The molecule has 2 saturated heterocycles. The van der Waals surface area contributed by atoms with Gasteiger partial charge in [-0.1, -0.05) is 0 Å². The predicted molar refractivity (Wildman–Crippen MR) is 66.4 cm³/mol. The van der Waals surface area contributed by atoms with Crippen molar-refractivity contribution < 1.29 is 4.74 Å². The zero-order valence-corrected chi connectivity index (χ0v) is 10.7. The van der Waals surface area contributed by atoms with Gasteiger partial charge in [-0.3, -0.25) is 0 Å². The van der Waals surface area contributed by atoms with Crippen LogP contribution in [0.2, 0.25) is 0 Å². The smallest absolute Gasteiger partial charge is 0.0706 e. The van der Waals surface area contributed by atoms with E-state index in [2.05, 4.69) is 18.7 Å². The van der Waals surface area contributed by atoms with E-state index in [4.69, 9.17) is 10.5 Å². The van der Waals surface area contributed by atoms with Crippen molar-refractivity contribution in [3.8, 4) is 0 Å². The summed E-state index contributed by atoms with van der Waals surface area (Å²) in [6, 6.07) is 0.339. The number of piperidine rings is 1. The first-order valence-corrected chi connectivity index (χ1v) is 6.78. The van der Waals surface area contributed by atoms with Gasteiger partial charge in [0.1, 0.15) is 0 Å². The van der Waals surface area contributed by atoms with E-state index in [1.54, 1.807) is 0 Å². The van der Waals surface area contributed by atoms with Crippen LogP contribution < -0.4 is 5.73 Å². The fourth-order valence-corrected chi connectivity index (χ4v) is 2.99. The van der Waals surface area contributed by atoms with Crippen molar-refractivity contribution in [2.75, 3.05) is 19.6 Å². The molecule has 4 unspecified atom stereocenters. The Bertz CT molecular complexity index is 220. The molecule has 4 atom stereocenters. The normalized spacial score (nSPS) is 38.8. The van der Waals surface area contributed by atoms with Crippen LogP contribution in [-0.2, 0) is 4.74 Å². The van der Waals surface area contributed by atoms with Crippen LogP contribution in [0.4, 0.5) is 0 Å². The molecule has 0 aromatic carbocycles. The predicted octanol–water partition coefficient (Wildman–Crippen LogP) is 1.61. The van der Waals surface area contributed by atoms with Crippen molar-refractivity contribution >= 4 is 0 Å². The molecule has 0 bridgehead atoms. The van der Waals surface area contributed by atoms with Gasteiger partial charge >= 0.3 is 0 Å². The van der Waals surface area contributed by atoms with E-state index >= 15 is 0 Å². The molecule has 2 fully saturated rings. The number of rotatable bonds is 3. The number of nitrogens with two attached hydrogens (primary N) is 1. The van der Waals surface area contributed by atoms with E-state index in [0.29, 0.717) is 24.2 Å². The van der Waals surface area contributed by atoms with E-state index < -0.39 is 0 Å². The molecule has 16 heavy (non-hydrogen) atoms. The first-order chi connectivity index (χ1) is 7.65. The van der Waals surface area contributed by atoms with Gasteiger partial charge in [-0.25, -0.2) is 0 Å². The summed E-state index contributed by atoms with van der Waals surface area (Å²) in [5.41, 5.74) is 6.00. The van der Waals surface area contributed by atoms with E-state index in [1.165, 1.54) is 38.8 Å². The fourth-order valence-electron chi connectivity index (χ4n) is 2.99. The second kappa shape index (κ2) is 5.48. The SMILES string of the molecule is CC1CCC(CN2CCCC(C(C)N)C2)O1. The van der Waals surface area contributed by atoms with Gasteiger partial charge in [0.15, 0.2) is 0 Å². The molecule has 0 aromatic rings. The highest BCUT2D eigenvalue weighted by atomic mass is 16.5.